The number of sulfone groups is 1. The number of imidazole rings is 1. The van der Waals surface area contributed by atoms with Crippen LogP contribution in [0.3, 0.4) is 0 Å². The van der Waals surface area contributed by atoms with Crippen LogP contribution in [0.25, 0.3) is 0 Å². The van der Waals surface area contributed by atoms with Gasteiger partial charge in [-0.15, -0.1) is 0 Å². The van der Waals surface area contributed by atoms with Crippen LogP contribution in [0.4, 0.5) is 0 Å². The van der Waals surface area contributed by atoms with Gasteiger partial charge in [0.05, 0.1) is 11.5 Å². The van der Waals surface area contributed by atoms with Crippen molar-refractivity contribution in [2.75, 3.05) is 18.1 Å². The molecule has 0 aromatic carbocycles. The number of rotatable bonds is 3. The van der Waals surface area contributed by atoms with Gasteiger partial charge in [0.1, 0.15) is 15.7 Å². The zero-order valence-corrected chi connectivity index (χ0v) is 12.5. The fraction of sp³-hybridized carbons (Fsp3) is 0.786. The first-order chi connectivity index (χ1) is 9.57. The van der Waals surface area contributed by atoms with Crippen LogP contribution < -0.4 is 0 Å². The molecule has 112 valence electrons. The average molecular weight is 298 g/mol. The predicted octanol–water partition coefficient (Wildman–Crippen LogP) is 0.805. The molecule has 3 rings (SSSR count). The number of hydrogen-bond donors (Lipinski definition) is 1. The van der Waals surface area contributed by atoms with Gasteiger partial charge in [-0.1, -0.05) is 0 Å². The molecule has 20 heavy (non-hydrogen) atoms. The Morgan fingerprint density at radius 1 is 1.25 bits per heavy atom. The summed E-state index contributed by atoms with van der Waals surface area (Å²) in [6, 6.07) is 0. The Bertz CT molecular complexity index is 565. The molecule has 0 spiro atoms. The summed E-state index contributed by atoms with van der Waals surface area (Å²) >= 11 is 0. The molecular weight excluding hydrogens is 276 g/mol. The Hall–Kier alpha value is -0.880. The van der Waals surface area contributed by atoms with E-state index < -0.39 is 9.84 Å². The highest BCUT2D eigenvalue weighted by atomic mass is 32.2. The van der Waals surface area contributed by atoms with Crippen LogP contribution in [-0.4, -0.2) is 41.2 Å². The molecule has 1 unspecified atom stereocenters. The number of aliphatic hydroxyl groups is 1. The van der Waals surface area contributed by atoms with Gasteiger partial charge < -0.3 is 9.67 Å². The molecule has 0 bridgehead atoms. The zero-order valence-electron chi connectivity index (χ0n) is 11.7. The number of hydrogen-bond acceptors (Lipinski definition) is 4. The average Bonchev–Trinajstić information content (AvgIpc) is 2.83. The number of aromatic nitrogens is 2. The highest BCUT2D eigenvalue weighted by Gasteiger charge is 2.26. The Balaban J connectivity index is 1.66. The summed E-state index contributed by atoms with van der Waals surface area (Å²) in [5.41, 5.74) is 1.22. The largest absolute Gasteiger partial charge is 0.396 e. The van der Waals surface area contributed by atoms with Crippen LogP contribution in [0.5, 0.6) is 0 Å². The normalized spacial score (nSPS) is 26.4. The maximum Gasteiger partial charge on any atom is 0.150 e. The maximum absolute atomic E-state index is 11.5. The van der Waals surface area contributed by atoms with Gasteiger partial charge in [0, 0.05) is 31.5 Å². The third kappa shape index (κ3) is 2.91. The molecule has 1 atom stereocenters. The molecule has 1 N–H and O–H groups in total. The van der Waals surface area contributed by atoms with Gasteiger partial charge in [0.15, 0.2) is 0 Å². The molecule has 1 aromatic rings. The van der Waals surface area contributed by atoms with E-state index in [2.05, 4.69) is 9.55 Å². The monoisotopic (exact) mass is 298 g/mol. The fourth-order valence-electron chi connectivity index (χ4n) is 3.32. The summed E-state index contributed by atoms with van der Waals surface area (Å²) in [4.78, 5) is 4.53. The van der Waals surface area contributed by atoms with Crippen LogP contribution in [0.2, 0.25) is 0 Å². The van der Waals surface area contributed by atoms with Crippen LogP contribution in [0.1, 0.15) is 30.8 Å². The summed E-state index contributed by atoms with van der Waals surface area (Å²) in [6.45, 7) is 1.18. The van der Waals surface area contributed by atoms with Crippen LogP contribution in [0, 0.1) is 11.8 Å². The second kappa shape index (κ2) is 5.48. The Labute approximate surface area is 119 Å². The third-order valence-corrected chi connectivity index (χ3v) is 6.40. The third-order valence-electron chi connectivity index (χ3n) is 4.68. The van der Waals surface area contributed by atoms with Crippen molar-refractivity contribution in [3.63, 3.8) is 0 Å². The summed E-state index contributed by atoms with van der Waals surface area (Å²) in [5, 5.41) is 9.25. The van der Waals surface area contributed by atoms with Crippen LogP contribution >= 0.6 is 0 Å². The smallest absolute Gasteiger partial charge is 0.150 e. The van der Waals surface area contributed by atoms with Gasteiger partial charge in [-0.3, -0.25) is 0 Å². The molecule has 3 heterocycles. The standard InChI is InChI=1S/C14H22N2O3S/c17-10-12-1-4-16-13(7-12)9-15-14(16)8-11-2-5-20(18,19)6-3-11/h9,11-12,17H,1-8,10H2. The van der Waals surface area contributed by atoms with Gasteiger partial charge in [-0.2, -0.15) is 0 Å². The first-order valence-electron chi connectivity index (χ1n) is 7.42. The Morgan fingerprint density at radius 2 is 2.00 bits per heavy atom. The van der Waals surface area contributed by atoms with E-state index in [0.717, 1.165) is 44.5 Å². The lowest BCUT2D eigenvalue weighted by molar-refractivity contribution is 0.199. The van der Waals surface area contributed by atoms with Crippen molar-refractivity contribution in [1.29, 1.82) is 0 Å². The van der Waals surface area contributed by atoms with E-state index in [0.29, 0.717) is 23.3 Å². The molecule has 0 saturated carbocycles. The molecule has 6 heteroatoms. The highest BCUT2D eigenvalue weighted by Crippen LogP contribution is 2.26. The molecule has 0 aliphatic carbocycles. The van der Waals surface area contributed by atoms with E-state index in [4.69, 9.17) is 0 Å². The van der Waals surface area contributed by atoms with Gasteiger partial charge >= 0.3 is 0 Å². The van der Waals surface area contributed by atoms with Gasteiger partial charge in [0.25, 0.3) is 0 Å². The fourth-order valence-corrected chi connectivity index (χ4v) is 4.91. The Morgan fingerprint density at radius 3 is 2.70 bits per heavy atom. The van der Waals surface area contributed by atoms with Crippen molar-refractivity contribution >= 4 is 9.84 Å². The van der Waals surface area contributed by atoms with E-state index in [1.807, 2.05) is 6.20 Å². The summed E-state index contributed by atoms with van der Waals surface area (Å²) in [5.74, 6) is 2.57. The lowest BCUT2D eigenvalue weighted by atomic mass is 9.96. The molecular formula is C14H22N2O3S. The van der Waals surface area contributed by atoms with Crippen molar-refractivity contribution in [2.24, 2.45) is 11.8 Å². The first-order valence-corrected chi connectivity index (χ1v) is 9.24. The Kier molecular flexibility index (Phi) is 3.86. The minimum atomic E-state index is -2.78. The minimum absolute atomic E-state index is 0.251. The lowest BCUT2D eigenvalue weighted by Gasteiger charge is -2.25. The van der Waals surface area contributed by atoms with E-state index >= 15 is 0 Å². The lowest BCUT2D eigenvalue weighted by Crippen LogP contribution is -2.27. The quantitative estimate of drug-likeness (QED) is 0.896. The molecule has 5 nitrogen and oxygen atoms in total. The topological polar surface area (TPSA) is 72.2 Å². The highest BCUT2D eigenvalue weighted by molar-refractivity contribution is 7.91. The van der Waals surface area contributed by atoms with Gasteiger partial charge in [0.2, 0.25) is 0 Å². The number of nitrogens with zero attached hydrogens (tertiary/aromatic N) is 2. The van der Waals surface area contributed by atoms with Crippen LogP contribution in [-0.2, 0) is 29.2 Å². The molecule has 0 amide bonds. The predicted molar refractivity (Wildman–Crippen MR) is 76.2 cm³/mol. The molecule has 0 radical (unpaired) electrons. The van der Waals surface area contributed by atoms with E-state index in [1.54, 1.807) is 0 Å². The molecule has 2 aliphatic heterocycles. The summed E-state index contributed by atoms with van der Waals surface area (Å²) in [7, 11) is -2.78. The van der Waals surface area contributed by atoms with Crippen LogP contribution in [0.15, 0.2) is 6.20 Å². The number of aliphatic hydroxyl groups excluding tert-OH is 1. The van der Waals surface area contributed by atoms with E-state index in [1.165, 1.54) is 5.69 Å². The van der Waals surface area contributed by atoms with Crippen molar-refractivity contribution < 1.29 is 13.5 Å². The van der Waals surface area contributed by atoms with Crippen molar-refractivity contribution in [1.82, 2.24) is 9.55 Å². The van der Waals surface area contributed by atoms with Crippen molar-refractivity contribution in [2.45, 2.75) is 38.6 Å². The van der Waals surface area contributed by atoms with Gasteiger partial charge in [-0.05, 0) is 37.5 Å². The van der Waals surface area contributed by atoms with Crippen molar-refractivity contribution in [3.05, 3.63) is 17.7 Å². The van der Waals surface area contributed by atoms with Gasteiger partial charge in [-0.25, -0.2) is 13.4 Å². The second-order valence-corrected chi connectivity index (χ2v) is 8.46. The maximum atomic E-state index is 11.5. The van der Waals surface area contributed by atoms with E-state index in [9.17, 15) is 13.5 Å². The summed E-state index contributed by atoms with van der Waals surface area (Å²) < 4.78 is 25.2. The molecule has 1 fully saturated rings. The summed E-state index contributed by atoms with van der Waals surface area (Å²) in [6.07, 6.45) is 6.26. The second-order valence-electron chi connectivity index (χ2n) is 6.16. The molecule has 1 saturated heterocycles. The van der Waals surface area contributed by atoms with Crippen molar-refractivity contribution in [3.8, 4) is 0 Å². The molecule has 1 aromatic heterocycles. The zero-order chi connectivity index (χ0) is 14.2. The molecule has 2 aliphatic rings. The first kappa shape index (κ1) is 14.1. The number of fused-ring (bicyclic) bond motifs is 1. The SMILES string of the molecule is O=S1(=O)CCC(Cc2ncc3n2CCC(CO)C3)CC1. The minimum Gasteiger partial charge on any atom is -0.396 e. The van der Waals surface area contributed by atoms with E-state index in [-0.39, 0.29) is 6.61 Å².